The minimum atomic E-state index is -0.233. The van der Waals surface area contributed by atoms with Crippen molar-refractivity contribution in [2.45, 2.75) is 13.8 Å². The number of carbonyl (C=O) groups is 2. The number of anilines is 3. The Morgan fingerprint density at radius 3 is 2.61 bits per heavy atom. The molecule has 44 heavy (non-hydrogen) atoms. The van der Waals surface area contributed by atoms with Crippen LogP contribution >= 0.6 is 0 Å². The topological polar surface area (TPSA) is 130 Å². The van der Waals surface area contributed by atoms with Crippen molar-refractivity contribution in [3.8, 4) is 11.4 Å². The molecule has 6 aromatic rings. The lowest BCUT2D eigenvalue weighted by Crippen LogP contribution is -2.40. The van der Waals surface area contributed by atoms with Crippen LogP contribution in [0.4, 0.5) is 17.2 Å². The maximum atomic E-state index is 13.2. The van der Waals surface area contributed by atoms with Crippen LogP contribution < -0.4 is 10.6 Å². The molecule has 1 aliphatic rings. The number of ether oxygens (including phenoxy) is 1. The monoisotopic (exact) mass is 586 g/mol. The Kier molecular flexibility index (Phi) is 6.99. The molecule has 11 nitrogen and oxygen atoms in total. The number of fused-ring (bicyclic) bond motifs is 2. The second-order valence-corrected chi connectivity index (χ2v) is 10.8. The number of amides is 2. The summed E-state index contributed by atoms with van der Waals surface area (Å²) in [5.74, 6) is 0.728. The van der Waals surface area contributed by atoms with E-state index in [0.717, 1.165) is 33.3 Å². The van der Waals surface area contributed by atoms with Gasteiger partial charge in [0.15, 0.2) is 17.3 Å². The van der Waals surface area contributed by atoms with Crippen molar-refractivity contribution >= 4 is 45.6 Å². The van der Waals surface area contributed by atoms with Crippen LogP contribution in [0, 0.1) is 13.8 Å². The van der Waals surface area contributed by atoms with E-state index in [-0.39, 0.29) is 11.8 Å². The summed E-state index contributed by atoms with van der Waals surface area (Å²) < 4.78 is 7.03. The number of nitrogens with one attached hydrogen (secondary N) is 3. The highest BCUT2D eigenvalue weighted by molar-refractivity contribution is 6.06. The van der Waals surface area contributed by atoms with E-state index < -0.39 is 0 Å². The van der Waals surface area contributed by atoms with E-state index in [2.05, 4.69) is 20.6 Å². The van der Waals surface area contributed by atoms with Crippen LogP contribution in [-0.4, -0.2) is 67.6 Å². The van der Waals surface area contributed by atoms with E-state index in [1.165, 1.54) is 0 Å². The van der Waals surface area contributed by atoms with Gasteiger partial charge in [-0.3, -0.25) is 9.59 Å². The highest BCUT2D eigenvalue weighted by atomic mass is 16.5. The molecule has 3 N–H and O–H groups in total. The predicted octanol–water partition coefficient (Wildman–Crippen LogP) is 5.36. The van der Waals surface area contributed by atoms with Crippen molar-refractivity contribution < 1.29 is 14.3 Å². The average molecular weight is 587 g/mol. The van der Waals surface area contributed by atoms with E-state index in [1.807, 2.05) is 68.4 Å². The lowest BCUT2D eigenvalue weighted by Gasteiger charge is -2.26. The maximum absolute atomic E-state index is 13.2. The fourth-order valence-electron chi connectivity index (χ4n) is 5.38. The molecule has 0 spiro atoms. The first kappa shape index (κ1) is 27.3. The number of rotatable bonds is 6. The first-order valence-corrected chi connectivity index (χ1v) is 14.4. The molecule has 0 aliphatic carbocycles. The zero-order chi connectivity index (χ0) is 30.2. The van der Waals surface area contributed by atoms with Gasteiger partial charge in [-0.2, -0.15) is 0 Å². The number of aromatic nitrogens is 5. The average Bonchev–Trinajstić information content (AvgIpc) is 3.70. The van der Waals surface area contributed by atoms with Gasteiger partial charge in [-0.15, -0.1) is 5.10 Å². The van der Waals surface area contributed by atoms with Gasteiger partial charge in [0.1, 0.15) is 5.69 Å². The molecule has 0 radical (unpaired) electrons. The summed E-state index contributed by atoms with van der Waals surface area (Å²) in [6.45, 7) is 6.25. The van der Waals surface area contributed by atoms with Gasteiger partial charge in [0.05, 0.1) is 13.2 Å². The second kappa shape index (κ2) is 11.3. The molecule has 3 aromatic carbocycles. The van der Waals surface area contributed by atoms with Crippen molar-refractivity contribution in [3.63, 3.8) is 0 Å². The number of aryl methyl sites for hydroxylation is 1. The molecule has 0 bridgehead atoms. The van der Waals surface area contributed by atoms with Crippen LogP contribution in [0.3, 0.4) is 0 Å². The zero-order valence-corrected chi connectivity index (χ0v) is 24.3. The van der Waals surface area contributed by atoms with Gasteiger partial charge in [0.2, 0.25) is 0 Å². The molecule has 1 saturated heterocycles. The molecule has 7 rings (SSSR count). The minimum Gasteiger partial charge on any atom is -0.378 e. The van der Waals surface area contributed by atoms with Crippen molar-refractivity contribution in [1.82, 2.24) is 29.5 Å². The van der Waals surface area contributed by atoms with Gasteiger partial charge in [0, 0.05) is 58.9 Å². The Bertz CT molecular complexity index is 2020. The number of morpholine rings is 1. The number of nitrogens with zero attached hydrogens (tertiary/aromatic N) is 5. The van der Waals surface area contributed by atoms with E-state index in [4.69, 9.17) is 14.8 Å². The Morgan fingerprint density at radius 2 is 1.80 bits per heavy atom. The summed E-state index contributed by atoms with van der Waals surface area (Å²) in [5, 5.41) is 12.1. The molecular weight excluding hydrogens is 556 g/mol. The maximum Gasteiger partial charge on any atom is 0.272 e. The lowest BCUT2D eigenvalue weighted by molar-refractivity contribution is 0.0303. The fourth-order valence-corrected chi connectivity index (χ4v) is 5.38. The van der Waals surface area contributed by atoms with Crippen LogP contribution in [0.5, 0.6) is 0 Å². The predicted molar refractivity (Wildman–Crippen MR) is 168 cm³/mol. The Labute approximate surface area is 252 Å². The Balaban J connectivity index is 1.15. The molecule has 220 valence electrons. The smallest absolute Gasteiger partial charge is 0.272 e. The Morgan fingerprint density at radius 1 is 0.977 bits per heavy atom. The van der Waals surface area contributed by atoms with Crippen molar-refractivity contribution in [3.05, 3.63) is 102 Å². The van der Waals surface area contributed by atoms with Crippen molar-refractivity contribution in [2.24, 2.45) is 0 Å². The van der Waals surface area contributed by atoms with E-state index in [0.29, 0.717) is 60.5 Å². The number of aromatic amines is 1. The van der Waals surface area contributed by atoms with Gasteiger partial charge in [-0.25, -0.2) is 14.5 Å². The normalized spacial score (nSPS) is 13.4. The van der Waals surface area contributed by atoms with Gasteiger partial charge in [-0.1, -0.05) is 23.8 Å². The minimum absolute atomic E-state index is 0.0121. The third-order valence-corrected chi connectivity index (χ3v) is 7.79. The summed E-state index contributed by atoms with van der Waals surface area (Å²) in [6, 6.07) is 20.8. The van der Waals surface area contributed by atoms with Gasteiger partial charge in [0.25, 0.3) is 11.8 Å². The summed E-state index contributed by atoms with van der Waals surface area (Å²) in [5.41, 5.74) is 6.69. The fraction of sp³-hybridized carbons (Fsp3) is 0.182. The Hall–Kier alpha value is -5.55. The number of carbonyl (C=O) groups excluding carboxylic acids is 2. The molecular formula is C33H30N8O3. The van der Waals surface area contributed by atoms with Crippen molar-refractivity contribution in [1.29, 1.82) is 0 Å². The van der Waals surface area contributed by atoms with Crippen LogP contribution in [0.15, 0.2) is 79.1 Å². The van der Waals surface area contributed by atoms with Crippen molar-refractivity contribution in [2.75, 3.05) is 36.9 Å². The molecule has 11 heteroatoms. The zero-order valence-electron chi connectivity index (χ0n) is 24.3. The number of imidazole rings is 1. The first-order valence-electron chi connectivity index (χ1n) is 14.4. The molecule has 1 fully saturated rings. The molecule has 4 heterocycles. The van der Waals surface area contributed by atoms with Crippen LogP contribution in [0.25, 0.3) is 27.9 Å². The SMILES string of the molecule is Cc1ccc2[nH]c(C(=O)Nc3cccc(-c4nc(Nc5ccc(C(=O)N6CCOCC6)cc5)c5nccn5n4)c3C)cc2c1. The lowest BCUT2D eigenvalue weighted by atomic mass is 10.1. The van der Waals surface area contributed by atoms with Crippen LogP contribution in [-0.2, 0) is 4.74 Å². The second-order valence-electron chi connectivity index (χ2n) is 10.8. The highest BCUT2D eigenvalue weighted by Crippen LogP contribution is 2.29. The number of hydrogen-bond donors (Lipinski definition) is 3. The number of benzene rings is 3. The molecule has 3 aromatic heterocycles. The van der Waals surface area contributed by atoms with Crippen LogP contribution in [0.1, 0.15) is 32.0 Å². The highest BCUT2D eigenvalue weighted by Gasteiger charge is 2.19. The molecule has 2 amide bonds. The molecule has 0 saturated carbocycles. The standard InChI is InChI=1S/C33H30N8O3/c1-20-6-11-27-23(18-20)19-28(36-27)32(42)37-26-5-3-4-25(21(26)2)29-38-30(31-34-12-13-41(31)39-29)35-24-9-7-22(8-10-24)33(43)40-14-16-44-17-15-40/h3-13,18-19,36H,14-17H2,1-2H3,(H,37,42)(H,35,38,39). The summed E-state index contributed by atoms with van der Waals surface area (Å²) in [4.78, 5) is 40.3. The number of H-pyrrole nitrogens is 1. The molecule has 1 aliphatic heterocycles. The summed E-state index contributed by atoms with van der Waals surface area (Å²) in [7, 11) is 0. The molecule has 0 atom stereocenters. The third-order valence-electron chi connectivity index (χ3n) is 7.79. The van der Waals surface area contributed by atoms with E-state index in [9.17, 15) is 9.59 Å². The van der Waals surface area contributed by atoms with Gasteiger partial charge >= 0.3 is 0 Å². The summed E-state index contributed by atoms with van der Waals surface area (Å²) >= 11 is 0. The van der Waals surface area contributed by atoms with Gasteiger partial charge in [-0.05, 0) is 67.9 Å². The third kappa shape index (κ3) is 5.25. The largest absolute Gasteiger partial charge is 0.378 e. The molecule has 0 unspecified atom stereocenters. The number of hydrogen-bond acceptors (Lipinski definition) is 7. The summed E-state index contributed by atoms with van der Waals surface area (Å²) in [6.07, 6.45) is 3.42. The van der Waals surface area contributed by atoms with Gasteiger partial charge < -0.3 is 25.3 Å². The first-order chi connectivity index (χ1) is 21.4. The quantitative estimate of drug-likeness (QED) is 0.240. The van der Waals surface area contributed by atoms with Crippen LogP contribution in [0.2, 0.25) is 0 Å². The van der Waals surface area contributed by atoms with E-state index in [1.54, 1.807) is 33.9 Å². The van der Waals surface area contributed by atoms with E-state index >= 15 is 0 Å².